The first-order chi connectivity index (χ1) is 7.73. The number of benzene rings is 1. The molecule has 1 atom stereocenters. The molecule has 16 heavy (non-hydrogen) atoms. The van der Waals surface area contributed by atoms with E-state index in [4.69, 9.17) is 5.73 Å². The zero-order valence-electron chi connectivity index (χ0n) is 9.30. The predicted molar refractivity (Wildman–Crippen MR) is 61.6 cm³/mol. The van der Waals surface area contributed by atoms with Crippen LogP contribution in [0.1, 0.15) is 30.0 Å². The lowest BCUT2D eigenvalue weighted by Crippen LogP contribution is -2.42. The zero-order chi connectivity index (χ0) is 11.2. The molecule has 1 spiro atoms. The van der Waals surface area contributed by atoms with Crippen molar-refractivity contribution in [3.05, 3.63) is 35.1 Å². The number of piperidine rings is 1. The molecule has 0 amide bonds. The predicted octanol–water partition coefficient (Wildman–Crippen LogP) is 1.75. The van der Waals surface area contributed by atoms with Gasteiger partial charge in [-0.3, -0.25) is 0 Å². The summed E-state index contributed by atoms with van der Waals surface area (Å²) < 4.78 is 13.7. The van der Waals surface area contributed by atoms with Gasteiger partial charge in [-0.15, -0.1) is 0 Å². The van der Waals surface area contributed by atoms with Gasteiger partial charge in [0, 0.05) is 6.04 Å². The maximum Gasteiger partial charge on any atom is 0.126 e. The Balaban J connectivity index is 2.02. The molecule has 0 bridgehead atoms. The maximum atomic E-state index is 13.7. The second kappa shape index (κ2) is 3.54. The molecule has 0 saturated carbocycles. The summed E-state index contributed by atoms with van der Waals surface area (Å²) in [6, 6.07) is 5.32. The highest BCUT2D eigenvalue weighted by molar-refractivity contribution is 5.39. The van der Waals surface area contributed by atoms with E-state index in [0.717, 1.165) is 43.5 Å². The molecule has 3 heteroatoms. The van der Waals surface area contributed by atoms with E-state index in [2.05, 4.69) is 5.32 Å². The summed E-state index contributed by atoms with van der Waals surface area (Å²) in [4.78, 5) is 0. The summed E-state index contributed by atoms with van der Waals surface area (Å²) in [5, 5.41) is 3.35. The van der Waals surface area contributed by atoms with E-state index in [1.165, 1.54) is 0 Å². The molecule has 3 N–H and O–H groups in total. The summed E-state index contributed by atoms with van der Waals surface area (Å²) in [6.45, 7) is 2.01. The molecule has 1 aliphatic carbocycles. The van der Waals surface area contributed by atoms with Gasteiger partial charge in [0.05, 0.1) is 0 Å². The van der Waals surface area contributed by atoms with Crippen molar-refractivity contribution in [2.75, 3.05) is 13.1 Å². The third-order valence-electron chi connectivity index (χ3n) is 4.28. The van der Waals surface area contributed by atoms with Gasteiger partial charge in [-0.2, -0.15) is 0 Å². The first-order valence-corrected chi connectivity index (χ1v) is 5.97. The fraction of sp³-hybridized carbons (Fsp3) is 0.538. The van der Waals surface area contributed by atoms with Gasteiger partial charge in [-0.05, 0) is 55.0 Å². The summed E-state index contributed by atoms with van der Waals surface area (Å²) in [6.07, 6.45) is 2.93. The molecule has 86 valence electrons. The Bertz CT molecular complexity index is 410. The van der Waals surface area contributed by atoms with E-state index in [0.29, 0.717) is 0 Å². The number of rotatable bonds is 0. The second-order valence-electron chi connectivity index (χ2n) is 5.07. The third-order valence-corrected chi connectivity index (χ3v) is 4.28. The largest absolute Gasteiger partial charge is 0.323 e. The van der Waals surface area contributed by atoms with Crippen LogP contribution in [0.25, 0.3) is 0 Å². The number of hydrogen-bond acceptors (Lipinski definition) is 2. The molecule has 3 rings (SSSR count). The first-order valence-electron chi connectivity index (χ1n) is 5.97. The van der Waals surface area contributed by atoms with Crippen molar-refractivity contribution >= 4 is 0 Å². The molecule has 1 aromatic carbocycles. The number of nitrogens with two attached hydrogens (primary N) is 1. The van der Waals surface area contributed by atoms with Crippen LogP contribution >= 0.6 is 0 Å². The minimum atomic E-state index is -0.0802. The molecule has 2 aliphatic rings. The second-order valence-corrected chi connectivity index (χ2v) is 5.07. The third kappa shape index (κ3) is 1.31. The van der Waals surface area contributed by atoms with Crippen LogP contribution < -0.4 is 11.1 Å². The Hall–Kier alpha value is -0.930. The molecular formula is C13H17FN2. The first kappa shape index (κ1) is 10.2. The van der Waals surface area contributed by atoms with E-state index in [1.54, 1.807) is 12.1 Å². The van der Waals surface area contributed by atoms with Gasteiger partial charge in [0.1, 0.15) is 5.82 Å². The SMILES string of the molecule is N[C@H]1c2cccc(F)c2CC12CCNCC2. The van der Waals surface area contributed by atoms with E-state index >= 15 is 0 Å². The van der Waals surface area contributed by atoms with Gasteiger partial charge >= 0.3 is 0 Å². The summed E-state index contributed by atoms with van der Waals surface area (Å²) >= 11 is 0. The quantitative estimate of drug-likeness (QED) is 0.699. The van der Waals surface area contributed by atoms with Crippen LogP contribution in [0.4, 0.5) is 4.39 Å². The number of hydrogen-bond donors (Lipinski definition) is 2. The van der Waals surface area contributed by atoms with Crippen LogP contribution in [-0.2, 0) is 6.42 Å². The highest BCUT2D eigenvalue weighted by Gasteiger charge is 2.45. The Morgan fingerprint density at radius 2 is 2.06 bits per heavy atom. The average Bonchev–Trinajstić information content (AvgIpc) is 2.57. The van der Waals surface area contributed by atoms with Crippen LogP contribution in [0.3, 0.4) is 0 Å². The lowest BCUT2D eigenvalue weighted by atomic mass is 9.73. The van der Waals surface area contributed by atoms with Gasteiger partial charge in [-0.1, -0.05) is 12.1 Å². The highest BCUT2D eigenvalue weighted by atomic mass is 19.1. The van der Waals surface area contributed by atoms with E-state index < -0.39 is 0 Å². The lowest BCUT2D eigenvalue weighted by molar-refractivity contribution is 0.173. The number of nitrogens with one attached hydrogen (secondary N) is 1. The molecule has 2 nitrogen and oxygen atoms in total. The van der Waals surface area contributed by atoms with E-state index in [-0.39, 0.29) is 17.3 Å². The van der Waals surface area contributed by atoms with Crippen LogP contribution in [0, 0.1) is 11.2 Å². The highest BCUT2D eigenvalue weighted by Crippen LogP contribution is 2.50. The standard InChI is InChI=1S/C13H17FN2/c14-11-3-1-2-9-10(11)8-13(12(9)15)4-6-16-7-5-13/h1-3,12,16H,4-8,15H2/t12-/m0/s1. The molecular weight excluding hydrogens is 203 g/mol. The van der Waals surface area contributed by atoms with E-state index in [1.807, 2.05) is 6.07 Å². The molecule has 1 aromatic rings. The van der Waals surface area contributed by atoms with Crippen molar-refractivity contribution in [3.63, 3.8) is 0 Å². The monoisotopic (exact) mass is 220 g/mol. The summed E-state index contributed by atoms with van der Waals surface area (Å²) in [5.74, 6) is -0.0802. The van der Waals surface area contributed by atoms with Crippen molar-refractivity contribution in [2.24, 2.45) is 11.1 Å². The zero-order valence-corrected chi connectivity index (χ0v) is 9.30. The molecule has 0 aromatic heterocycles. The lowest BCUT2D eigenvalue weighted by Gasteiger charge is -2.37. The Labute approximate surface area is 95.0 Å². The Morgan fingerprint density at radius 1 is 1.31 bits per heavy atom. The Morgan fingerprint density at radius 3 is 2.75 bits per heavy atom. The normalized spacial score (nSPS) is 27.0. The number of fused-ring (bicyclic) bond motifs is 1. The van der Waals surface area contributed by atoms with Crippen molar-refractivity contribution < 1.29 is 4.39 Å². The van der Waals surface area contributed by atoms with Gasteiger partial charge in [0.2, 0.25) is 0 Å². The van der Waals surface area contributed by atoms with Crippen LogP contribution in [0.5, 0.6) is 0 Å². The molecule has 1 aliphatic heterocycles. The average molecular weight is 220 g/mol. The van der Waals surface area contributed by atoms with Crippen LogP contribution in [0.2, 0.25) is 0 Å². The topological polar surface area (TPSA) is 38.0 Å². The summed E-state index contributed by atoms with van der Waals surface area (Å²) in [7, 11) is 0. The molecule has 0 unspecified atom stereocenters. The Kier molecular flexibility index (Phi) is 2.26. The molecule has 0 radical (unpaired) electrons. The minimum Gasteiger partial charge on any atom is -0.323 e. The minimum absolute atomic E-state index is 0.0142. The van der Waals surface area contributed by atoms with Gasteiger partial charge < -0.3 is 11.1 Å². The van der Waals surface area contributed by atoms with Gasteiger partial charge in [0.25, 0.3) is 0 Å². The van der Waals surface area contributed by atoms with Crippen LogP contribution in [-0.4, -0.2) is 13.1 Å². The fourth-order valence-electron chi connectivity index (χ4n) is 3.26. The fourth-order valence-corrected chi connectivity index (χ4v) is 3.26. The van der Waals surface area contributed by atoms with E-state index in [9.17, 15) is 4.39 Å². The molecule has 1 saturated heterocycles. The van der Waals surface area contributed by atoms with Crippen molar-refractivity contribution in [1.82, 2.24) is 5.32 Å². The van der Waals surface area contributed by atoms with Crippen LogP contribution in [0.15, 0.2) is 18.2 Å². The molecule has 1 heterocycles. The van der Waals surface area contributed by atoms with Gasteiger partial charge in [0.15, 0.2) is 0 Å². The summed E-state index contributed by atoms with van der Waals surface area (Å²) in [5.41, 5.74) is 8.33. The van der Waals surface area contributed by atoms with Gasteiger partial charge in [-0.25, -0.2) is 4.39 Å². The number of halogens is 1. The molecule has 1 fully saturated rings. The smallest absolute Gasteiger partial charge is 0.126 e. The van der Waals surface area contributed by atoms with Crippen molar-refractivity contribution in [1.29, 1.82) is 0 Å². The maximum absolute atomic E-state index is 13.7. The van der Waals surface area contributed by atoms with Crippen molar-refractivity contribution in [2.45, 2.75) is 25.3 Å². The van der Waals surface area contributed by atoms with Crippen molar-refractivity contribution in [3.8, 4) is 0 Å².